The summed E-state index contributed by atoms with van der Waals surface area (Å²) in [5.74, 6) is -8.25. The molecule has 0 unspecified atom stereocenters. The Bertz CT molecular complexity index is 2000. The Morgan fingerprint density at radius 2 is 1.65 bits per heavy atom. The van der Waals surface area contributed by atoms with E-state index in [9.17, 15) is 44.1 Å². The fourth-order valence-electron chi connectivity index (χ4n) is 12.7. The van der Waals surface area contributed by atoms with Crippen LogP contribution in [0.4, 0.5) is 0 Å². The first kappa shape index (κ1) is 35.6. The van der Waals surface area contributed by atoms with E-state index >= 15 is 0 Å². The van der Waals surface area contributed by atoms with Crippen molar-refractivity contribution in [3.63, 3.8) is 0 Å². The zero-order chi connectivity index (χ0) is 38.6. The van der Waals surface area contributed by atoms with Crippen molar-refractivity contribution in [2.45, 2.75) is 83.2 Å². The smallest absolute Gasteiger partial charge is 0.338 e. The predicted octanol–water partition coefficient (Wildman–Crippen LogP) is 1.35. The highest BCUT2D eigenvalue weighted by Crippen LogP contribution is 2.83. The van der Waals surface area contributed by atoms with Gasteiger partial charge in [0.25, 0.3) is 0 Å². The quantitative estimate of drug-likeness (QED) is 0.150. The molecule has 2 aliphatic heterocycles. The highest BCUT2D eigenvalue weighted by Gasteiger charge is 2.85. The van der Waals surface area contributed by atoms with Gasteiger partial charge in [0, 0.05) is 34.0 Å². The van der Waals surface area contributed by atoms with E-state index in [1.54, 1.807) is 6.92 Å². The van der Waals surface area contributed by atoms with E-state index < -0.39 is 101 Å². The lowest BCUT2D eigenvalue weighted by atomic mass is 9.41. The minimum absolute atomic E-state index is 0.00940. The molecule has 0 saturated heterocycles. The summed E-state index contributed by atoms with van der Waals surface area (Å²) in [5, 5.41) is 37.5. The van der Waals surface area contributed by atoms with Crippen molar-refractivity contribution >= 4 is 35.6 Å². The number of esters is 5. The summed E-state index contributed by atoms with van der Waals surface area (Å²) in [6.07, 6.45) is -0.944. The molecule has 3 N–H and O–H groups in total. The van der Waals surface area contributed by atoms with E-state index in [2.05, 4.69) is 0 Å². The maximum atomic E-state index is 14.6. The van der Waals surface area contributed by atoms with Gasteiger partial charge in [-0.15, -0.1) is 0 Å². The van der Waals surface area contributed by atoms with Crippen LogP contribution in [0.5, 0.6) is 0 Å². The molecule has 288 valence electrons. The van der Waals surface area contributed by atoms with Crippen LogP contribution >= 0.6 is 0 Å². The number of ether oxygens (including phenoxy) is 5. The zero-order valence-corrected chi connectivity index (χ0v) is 30.8. The van der Waals surface area contributed by atoms with E-state index in [4.69, 9.17) is 23.7 Å². The number of aliphatic hydroxyl groups excluding tert-OH is 2. The molecule has 0 aromatic carbocycles. The third kappa shape index (κ3) is 4.16. The van der Waals surface area contributed by atoms with Crippen molar-refractivity contribution in [1.82, 2.24) is 0 Å². The van der Waals surface area contributed by atoms with Gasteiger partial charge >= 0.3 is 29.8 Å². The lowest BCUT2D eigenvalue weighted by Crippen LogP contribution is -2.70. The third-order valence-electron chi connectivity index (χ3n) is 15.2. The maximum Gasteiger partial charge on any atom is 0.338 e. The van der Waals surface area contributed by atoms with Gasteiger partial charge < -0.3 is 39.0 Å². The SMILES string of the molecule is COC(=O)/C(C)=C1\C(=O)[C@H](O)[C@]2(C)C3=C([C@H]4C[C@H]42)[C@H](O)[C@@H]2[C@]4(OC(=O)C5=C4C[C@H]4[C@](O)(COC(=O)/C(C)=C\COC(=O)CCC(=O)OC5)[C@H]5C[C@H]5[C@]24C)[C@H]31. The van der Waals surface area contributed by atoms with Gasteiger partial charge in [-0.3, -0.25) is 14.4 Å². The molecule has 5 fully saturated rings. The Morgan fingerprint density at radius 3 is 2.35 bits per heavy atom. The van der Waals surface area contributed by atoms with Gasteiger partial charge in [-0.1, -0.05) is 13.8 Å². The molecular weight excluding hydrogens is 704 g/mol. The molecule has 0 aromatic rings. The fraction of sp³-hybridized carbons (Fsp3) is 0.650. The van der Waals surface area contributed by atoms with Crippen LogP contribution in [0.3, 0.4) is 0 Å². The monoisotopic (exact) mass is 748 g/mol. The topological polar surface area (TPSA) is 209 Å². The molecule has 5 saturated carbocycles. The number of methoxy groups -OCH3 is 1. The third-order valence-corrected chi connectivity index (χ3v) is 15.2. The van der Waals surface area contributed by atoms with Gasteiger partial charge in [-0.05, 0) is 85.0 Å². The van der Waals surface area contributed by atoms with Crippen LogP contribution in [0, 0.1) is 52.3 Å². The molecule has 0 aromatic heterocycles. The molecule has 9 rings (SSSR count). The Hall–Kier alpha value is -4.14. The Balaban J connectivity index is 1.29. The molecule has 0 amide bonds. The Labute approximate surface area is 310 Å². The Morgan fingerprint density at radius 1 is 0.944 bits per heavy atom. The second kappa shape index (κ2) is 11.2. The second-order valence-electron chi connectivity index (χ2n) is 17.3. The summed E-state index contributed by atoms with van der Waals surface area (Å²) in [7, 11) is 1.18. The van der Waals surface area contributed by atoms with Crippen molar-refractivity contribution < 1.29 is 67.8 Å². The van der Waals surface area contributed by atoms with E-state index in [1.165, 1.54) is 27.0 Å². The van der Waals surface area contributed by atoms with Crippen LogP contribution in [0.2, 0.25) is 0 Å². The summed E-state index contributed by atoms with van der Waals surface area (Å²) >= 11 is 0. The van der Waals surface area contributed by atoms with Crippen molar-refractivity contribution in [3.8, 4) is 0 Å². The molecule has 54 heavy (non-hydrogen) atoms. The fourth-order valence-corrected chi connectivity index (χ4v) is 12.7. The lowest BCUT2D eigenvalue weighted by Gasteiger charge is -2.64. The summed E-state index contributed by atoms with van der Waals surface area (Å²) in [6, 6.07) is 0. The number of hydrogen-bond donors (Lipinski definition) is 3. The van der Waals surface area contributed by atoms with Gasteiger partial charge in [-0.25, -0.2) is 14.4 Å². The van der Waals surface area contributed by atoms with Gasteiger partial charge in [0.2, 0.25) is 0 Å². The maximum absolute atomic E-state index is 14.6. The highest BCUT2D eigenvalue weighted by atomic mass is 16.6. The van der Waals surface area contributed by atoms with Gasteiger partial charge in [0.15, 0.2) is 11.4 Å². The van der Waals surface area contributed by atoms with Crippen LogP contribution in [0.1, 0.15) is 59.8 Å². The number of aliphatic hydroxyl groups is 3. The first-order chi connectivity index (χ1) is 25.5. The summed E-state index contributed by atoms with van der Waals surface area (Å²) in [4.78, 5) is 80.9. The molecule has 1 spiro atoms. The molecule has 14 heteroatoms. The van der Waals surface area contributed by atoms with E-state index in [0.717, 1.165) is 0 Å². The Kier molecular flexibility index (Phi) is 7.39. The van der Waals surface area contributed by atoms with Crippen LogP contribution in [-0.2, 0) is 52.5 Å². The number of cyclic esters (lactones) is 3. The normalized spacial score (nSPS) is 48.0. The van der Waals surface area contributed by atoms with Crippen LogP contribution < -0.4 is 0 Å². The average Bonchev–Trinajstić information content (AvgIpc) is 4.05. The number of hydrogen-bond acceptors (Lipinski definition) is 14. The van der Waals surface area contributed by atoms with E-state index in [1.807, 2.05) is 6.92 Å². The summed E-state index contributed by atoms with van der Waals surface area (Å²) in [6.45, 7) is 5.51. The predicted molar refractivity (Wildman–Crippen MR) is 180 cm³/mol. The molecule has 2 heterocycles. The van der Waals surface area contributed by atoms with Crippen LogP contribution in [-0.4, -0.2) is 101 Å². The van der Waals surface area contributed by atoms with Gasteiger partial charge in [0.1, 0.15) is 31.5 Å². The summed E-state index contributed by atoms with van der Waals surface area (Å²) < 4.78 is 28.2. The standard InChI is InChI=1S/C40H44O14/c1-15-8-9-51-24(41)6-7-25(42)52-13-18-20-12-23-37(3,21-11-22(21)39(23,49)14-53-34(15)46)32-30(43)27-17-10-19(17)38(4)28(27)29(40(20,32)54-36(18)48)26(31(44)33(38)45)16(2)35(47)50-5/h8,17,19,21-23,29-30,32-33,43,45,49H,6-7,9-14H2,1-5H3/b15-8-,26-16-/t17-,19+,21+,22-,23+,29-,30-,32-,33-,37-,38-,39-,40+/m0/s1. The van der Waals surface area contributed by atoms with Crippen molar-refractivity contribution in [3.05, 3.63) is 45.1 Å². The molecule has 7 aliphatic carbocycles. The number of fused-ring (bicyclic) bond motifs is 7. The van der Waals surface area contributed by atoms with E-state index in [0.29, 0.717) is 29.6 Å². The summed E-state index contributed by atoms with van der Waals surface area (Å²) in [5.41, 5.74) is -3.96. The van der Waals surface area contributed by atoms with Crippen LogP contribution in [0.25, 0.3) is 0 Å². The largest absolute Gasteiger partial charge is 0.466 e. The highest BCUT2D eigenvalue weighted by molar-refractivity contribution is 6.09. The number of carbonyl (C=O) groups excluding carboxylic acids is 6. The van der Waals surface area contributed by atoms with E-state index in [-0.39, 0.29) is 71.8 Å². The molecule has 0 radical (unpaired) electrons. The zero-order valence-electron chi connectivity index (χ0n) is 30.8. The molecular formula is C40H44O14. The van der Waals surface area contributed by atoms with Gasteiger partial charge in [-0.2, -0.15) is 0 Å². The minimum Gasteiger partial charge on any atom is -0.466 e. The first-order valence-electron chi connectivity index (χ1n) is 18.8. The van der Waals surface area contributed by atoms with Crippen molar-refractivity contribution in [2.75, 3.05) is 26.9 Å². The molecule has 13 atom stereocenters. The second-order valence-corrected chi connectivity index (χ2v) is 17.3. The number of carbonyl (C=O) groups is 6. The molecule has 14 nitrogen and oxygen atoms in total. The lowest BCUT2D eigenvalue weighted by molar-refractivity contribution is -0.206. The first-order valence-corrected chi connectivity index (χ1v) is 18.8. The van der Waals surface area contributed by atoms with Crippen LogP contribution in [0.15, 0.2) is 45.1 Å². The molecule has 9 aliphatic rings. The molecule has 2 bridgehead atoms. The van der Waals surface area contributed by atoms with Crippen molar-refractivity contribution in [1.29, 1.82) is 0 Å². The number of ketones is 1. The number of rotatable bonds is 1. The van der Waals surface area contributed by atoms with Gasteiger partial charge in [0.05, 0.1) is 37.5 Å². The minimum atomic E-state index is -1.79. The number of Topliss-reactive ketones (excluding diaryl/α,β-unsaturated/α-hetero) is 1. The van der Waals surface area contributed by atoms with Crippen molar-refractivity contribution in [2.24, 2.45) is 52.3 Å². The average molecular weight is 749 g/mol.